The smallest absolute Gasteiger partial charge is 0.245 e. The van der Waals surface area contributed by atoms with Crippen LogP contribution in [0.1, 0.15) is 133 Å². The topological polar surface area (TPSA) is 519 Å². The highest BCUT2D eigenvalue weighted by molar-refractivity contribution is 7.98. The molecule has 10 atom stereocenters. The first-order valence-corrected chi connectivity index (χ1v) is 35.7. The number of nitrogens with one attached hydrogen (secondary N) is 8. The van der Waals surface area contributed by atoms with Crippen molar-refractivity contribution in [2.45, 2.75) is 183 Å². The number of thioether (sulfide) groups is 1. The number of primary amides is 3. The zero-order valence-corrected chi connectivity index (χ0v) is 58.4. The molecular weight excluding hydrogens is 1320 g/mol. The Bertz CT molecular complexity index is 3400. The summed E-state index contributed by atoms with van der Waals surface area (Å²) in [5, 5.41) is 21.6. The van der Waals surface area contributed by atoms with E-state index in [9.17, 15) is 57.5 Å². The Morgan fingerprint density at radius 3 is 1.60 bits per heavy atom. The summed E-state index contributed by atoms with van der Waals surface area (Å²) >= 11 is 1.45. The molecule has 0 saturated carbocycles. The number of hydrogen-bond acceptors (Lipinski definition) is 17. The van der Waals surface area contributed by atoms with Crippen molar-refractivity contribution in [1.29, 1.82) is 0 Å². The summed E-state index contributed by atoms with van der Waals surface area (Å²) in [4.78, 5) is 188. The molecule has 2 aliphatic heterocycles. The van der Waals surface area contributed by atoms with Crippen LogP contribution in [-0.2, 0) is 68.7 Å². The van der Waals surface area contributed by atoms with Gasteiger partial charge >= 0.3 is 0 Å². The van der Waals surface area contributed by atoms with Crippen LogP contribution >= 0.6 is 11.8 Å². The van der Waals surface area contributed by atoms with Crippen molar-refractivity contribution in [1.82, 2.24) is 52.3 Å². The van der Waals surface area contributed by atoms with E-state index >= 15 is 4.79 Å². The summed E-state index contributed by atoms with van der Waals surface area (Å²) in [6.45, 7) is 3.84. The average Bonchev–Trinajstić information content (AvgIpc) is 1.60. The predicted molar refractivity (Wildman–Crippen MR) is 379 cm³/mol. The second-order valence-electron chi connectivity index (χ2n) is 26.0. The maximum absolute atomic E-state index is 15.3. The number of aliphatic imine (C=N–C) groups is 1. The van der Waals surface area contributed by atoms with E-state index in [1.54, 1.807) is 54.6 Å². The van der Waals surface area contributed by atoms with Crippen molar-refractivity contribution in [3.63, 3.8) is 0 Å². The molecule has 2 saturated heterocycles. The van der Waals surface area contributed by atoms with Gasteiger partial charge in [0, 0.05) is 44.8 Å². The summed E-state index contributed by atoms with van der Waals surface area (Å²) in [6.07, 6.45) is 3.13. The van der Waals surface area contributed by atoms with Gasteiger partial charge in [0.25, 0.3) is 0 Å². The lowest BCUT2D eigenvalue weighted by molar-refractivity contribution is -0.144. The molecule has 32 heteroatoms. The van der Waals surface area contributed by atoms with E-state index in [0.717, 1.165) is 11.1 Å². The normalized spacial score (nSPS) is 17.0. The van der Waals surface area contributed by atoms with Crippen LogP contribution in [0.15, 0.2) is 83.9 Å². The van der Waals surface area contributed by atoms with E-state index in [1.165, 1.54) is 21.6 Å². The van der Waals surface area contributed by atoms with E-state index < -0.39 is 175 Å². The molecule has 31 nitrogen and oxygen atoms in total. The Morgan fingerprint density at radius 1 is 0.545 bits per heavy atom. The third kappa shape index (κ3) is 24.0. The quantitative estimate of drug-likeness (QED) is 0.0164. The van der Waals surface area contributed by atoms with Gasteiger partial charge in [-0.1, -0.05) is 92.7 Å². The Kier molecular flexibility index (Phi) is 31.7. The van der Waals surface area contributed by atoms with Gasteiger partial charge in [0.1, 0.15) is 54.4 Å². The first-order chi connectivity index (χ1) is 48.2. The van der Waals surface area contributed by atoms with Gasteiger partial charge in [-0.2, -0.15) is 11.8 Å². The van der Waals surface area contributed by atoms with Gasteiger partial charge < -0.3 is 92.5 Å². The van der Waals surface area contributed by atoms with Crippen LogP contribution in [0.5, 0.6) is 0 Å². The molecule has 550 valence electrons. The van der Waals surface area contributed by atoms with Crippen LogP contribution in [0.3, 0.4) is 0 Å². The number of carbonyl (C=O) groups excluding carboxylic acids is 13. The molecule has 3 aliphatic rings. The molecule has 1 aliphatic carbocycles. The maximum Gasteiger partial charge on any atom is 0.245 e. The molecule has 6 rings (SSSR count). The lowest BCUT2D eigenvalue weighted by atomic mass is 9.88. The molecule has 3 aromatic carbocycles. The third-order valence-corrected chi connectivity index (χ3v) is 18.6. The second-order valence-corrected chi connectivity index (χ2v) is 27.0. The average molecular weight is 1420 g/mol. The number of amides is 13. The highest BCUT2D eigenvalue weighted by atomic mass is 32.2. The minimum atomic E-state index is -1.67. The Balaban J connectivity index is 1.24. The molecule has 0 spiro atoms. The van der Waals surface area contributed by atoms with Crippen LogP contribution in [0.2, 0.25) is 0 Å². The van der Waals surface area contributed by atoms with Gasteiger partial charge in [0.15, 0.2) is 5.96 Å². The van der Waals surface area contributed by atoms with Gasteiger partial charge in [0.05, 0.1) is 12.6 Å². The van der Waals surface area contributed by atoms with Crippen molar-refractivity contribution in [3.05, 3.63) is 95.6 Å². The SMILES string of the molecule is CSCC[C@H](NC(=O)[C@H](CC(C)C)NC(=O)CNC(=O)[C@@H](NC(=O)[C@H](Cc1ccccc1)NC(=O)[C@H](CCC(N)=O)NC(=O)[C@H](CCC(N)=O)NC(=O)[C@H]1CCCN1C(=O)[C@H](CCCCN)NC(=O)[C@@H]1CCCN1C(=O)[C@@H](N)CCCN=C(N)N)C1c2ccccc2-c2ccccc21)C(N)=O. The Morgan fingerprint density at radius 2 is 1.06 bits per heavy atom. The second kappa shape index (κ2) is 39.9. The molecule has 0 bridgehead atoms. The first kappa shape index (κ1) is 80.3. The number of unbranched alkanes of at least 4 members (excludes halogenated alkanes) is 1. The largest absolute Gasteiger partial charge is 0.370 e. The van der Waals surface area contributed by atoms with Crippen LogP contribution in [0.4, 0.5) is 0 Å². The molecule has 13 amide bonds. The summed E-state index contributed by atoms with van der Waals surface area (Å²) < 4.78 is 0. The Hall–Kier alpha value is -9.69. The van der Waals surface area contributed by atoms with Gasteiger partial charge in [-0.25, -0.2) is 0 Å². The predicted octanol–water partition coefficient (Wildman–Crippen LogP) is -2.14. The summed E-state index contributed by atoms with van der Waals surface area (Å²) in [5.41, 5.74) is 43.1. The lowest BCUT2D eigenvalue weighted by Crippen LogP contribution is -2.60. The first-order valence-electron chi connectivity index (χ1n) is 34.3. The van der Waals surface area contributed by atoms with Crippen molar-refractivity contribution in [3.8, 4) is 11.1 Å². The number of fused-ring (bicyclic) bond motifs is 3. The van der Waals surface area contributed by atoms with E-state index in [1.807, 2.05) is 44.4 Å². The van der Waals surface area contributed by atoms with Crippen molar-refractivity contribution < 1.29 is 62.3 Å². The number of likely N-dealkylation sites (tertiary alicyclic amines) is 2. The Labute approximate surface area is 592 Å². The van der Waals surface area contributed by atoms with E-state index in [0.29, 0.717) is 61.0 Å². The molecule has 0 unspecified atom stereocenters. The molecular formula is C69H100N18O13S. The van der Waals surface area contributed by atoms with E-state index in [4.69, 9.17) is 40.1 Å². The zero-order chi connectivity index (χ0) is 73.9. The number of guanidine groups is 1. The van der Waals surface area contributed by atoms with Crippen LogP contribution in [0.25, 0.3) is 11.1 Å². The van der Waals surface area contributed by atoms with E-state index in [-0.39, 0.29) is 76.6 Å². The molecule has 2 fully saturated rings. The number of nitrogens with zero attached hydrogens (tertiary/aromatic N) is 3. The number of rotatable bonds is 41. The van der Waals surface area contributed by atoms with Gasteiger partial charge in [-0.05, 0) is 136 Å². The maximum atomic E-state index is 15.3. The molecule has 22 N–H and O–H groups in total. The highest BCUT2D eigenvalue weighted by Crippen LogP contribution is 2.46. The number of benzene rings is 3. The third-order valence-electron chi connectivity index (χ3n) is 17.9. The monoisotopic (exact) mass is 1420 g/mol. The van der Waals surface area contributed by atoms with E-state index in [2.05, 4.69) is 47.5 Å². The standard InChI is InChI=1S/C69H100N18O13S/c1-39(2)36-50(62(94)80-46(59(74)91)30-35-101-3)79-56(90)38-78-66(98)58(57-43-20-9-7-18-41(43)42-19-8-10-21-44(42)57)85-63(95)51(37-40-16-5-4-6-17-40)84-61(93)47(26-28-54(72)88)81-60(92)48(27-29-55(73)89)82-64(96)53-25-15-34-87(53)68(100)49(23-11-12-31-70)83-65(97)52-24-14-33-86(52)67(99)45(71)22-13-32-77-69(75)76/h4-10,16-21,39,45-53,57-58H,11-15,22-38,70-71H2,1-3H3,(H2,72,88)(H2,73,89)(H2,74,91)(H,78,98)(H,79,90)(H,80,94)(H,81,92)(H,82,96)(H,83,97)(H,84,93)(H,85,95)(H4,75,76,77)/t45-,46-,47-,48-,49-,50-,51-,52-,53+,58-/m0/s1. The highest BCUT2D eigenvalue weighted by Gasteiger charge is 2.44. The molecule has 0 radical (unpaired) electrons. The van der Waals surface area contributed by atoms with Crippen molar-refractivity contribution in [2.75, 3.05) is 44.7 Å². The summed E-state index contributed by atoms with van der Waals surface area (Å²) in [7, 11) is 0. The fourth-order valence-electron chi connectivity index (χ4n) is 12.8. The minimum absolute atomic E-state index is 0.0686. The number of carbonyl (C=O) groups is 13. The van der Waals surface area contributed by atoms with Crippen LogP contribution in [0, 0.1) is 5.92 Å². The van der Waals surface area contributed by atoms with Crippen molar-refractivity contribution in [2.24, 2.45) is 51.0 Å². The molecule has 3 aromatic rings. The summed E-state index contributed by atoms with van der Waals surface area (Å²) in [6, 6.07) is 10.2. The molecule has 0 aromatic heterocycles. The fraction of sp³-hybridized carbons (Fsp3) is 0.536. The zero-order valence-electron chi connectivity index (χ0n) is 57.6. The fourth-order valence-corrected chi connectivity index (χ4v) is 13.3. The molecule has 101 heavy (non-hydrogen) atoms. The van der Waals surface area contributed by atoms with Gasteiger partial charge in [-0.15, -0.1) is 0 Å². The van der Waals surface area contributed by atoms with Crippen LogP contribution in [-0.4, -0.2) is 198 Å². The minimum Gasteiger partial charge on any atom is -0.370 e. The van der Waals surface area contributed by atoms with Gasteiger partial charge in [0.2, 0.25) is 76.8 Å². The van der Waals surface area contributed by atoms with Crippen LogP contribution < -0.4 is 82.7 Å². The van der Waals surface area contributed by atoms with Gasteiger partial charge in [-0.3, -0.25) is 67.3 Å². The summed E-state index contributed by atoms with van der Waals surface area (Å²) in [5.74, 6) is -10.8. The molecule has 2 heterocycles. The van der Waals surface area contributed by atoms with Crippen molar-refractivity contribution >= 4 is 94.5 Å². The number of hydrogen-bond donors (Lipinski definition) is 15. The lowest BCUT2D eigenvalue weighted by Gasteiger charge is -2.32. The number of nitrogens with two attached hydrogens (primary N) is 7.